The van der Waals surface area contributed by atoms with E-state index in [0.717, 1.165) is 56.3 Å². The number of aryl methyl sites for hydroxylation is 2. The first-order valence-corrected chi connectivity index (χ1v) is 12.1. The van der Waals surface area contributed by atoms with Gasteiger partial charge in [0.25, 0.3) is 0 Å². The standard InChI is InChI=1S/C29H36N2O2/c1-4-6-12-27-23(13-14-24-15-17-26(33-3)20-28(24)27)16-18-29(32)31-25(5-2)11-7-9-22-10-8-19-30-21-22/h8,10,13-21,25H,4-7,9,11-12H2,1-3H3,(H,31,32)/b18-16+. The van der Waals surface area contributed by atoms with Crippen LogP contribution in [0.3, 0.4) is 0 Å². The Morgan fingerprint density at radius 3 is 2.70 bits per heavy atom. The number of nitrogens with one attached hydrogen (secondary N) is 1. The summed E-state index contributed by atoms with van der Waals surface area (Å²) >= 11 is 0. The molecule has 4 nitrogen and oxygen atoms in total. The second-order valence-corrected chi connectivity index (χ2v) is 8.52. The number of nitrogens with zero attached hydrogens (tertiary/aromatic N) is 1. The van der Waals surface area contributed by atoms with E-state index < -0.39 is 0 Å². The van der Waals surface area contributed by atoms with Crippen molar-refractivity contribution in [3.05, 3.63) is 77.6 Å². The third-order valence-corrected chi connectivity index (χ3v) is 6.15. The van der Waals surface area contributed by atoms with Crippen LogP contribution in [0.15, 0.2) is 60.9 Å². The van der Waals surface area contributed by atoms with Gasteiger partial charge in [-0.3, -0.25) is 9.78 Å². The number of carbonyl (C=O) groups excluding carboxylic acids is 1. The molecule has 1 N–H and O–H groups in total. The second-order valence-electron chi connectivity index (χ2n) is 8.52. The Morgan fingerprint density at radius 2 is 1.97 bits per heavy atom. The molecule has 1 amide bonds. The van der Waals surface area contributed by atoms with Crippen molar-refractivity contribution in [1.82, 2.24) is 10.3 Å². The number of hydrogen-bond acceptors (Lipinski definition) is 3. The summed E-state index contributed by atoms with van der Waals surface area (Å²) < 4.78 is 5.45. The highest BCUT2D eigenvalue weighted by Gasteiger charge is 2.10. The van der Waals surface area contributed by atoms with E-state index in [4.69, 9.17) is 4.74 Å². The van der Waals surface area contributed by atoms with Gasteiger partial charge in [0.05, 0.1) is 7.11 Å². The highest BCUT2D eigenvalue weighted by molar-refractivity contribution is 5.94. The molecule has 0 spiro atoms. The van der Waals surface area contributed by atoms with Crippen molar-refractivity contribution in [1.29, 1.82) is 0 Å². The SMILES string of the molecule is CCCCc1c(/C=C/C(=O)NC(CC)CCCc2cccnc2)ccc2ccc(OC)cc12. The number of hydrogen-bond donors (Lipinski definition) is 1. The van der Waals surface area contributed by atoms with Crippen molar-refractivity contribution in [3.8, 4) is 5.75 Å². The monoisotopic (exact) mass is 444 g/mol. The summed E-state index contributed by atoms with van der Waals surface area (Å²) in [5, 5.41) is 5.58. The van der Waals surface area contributed by atoms with Crippen LogP contribution in [-0.2, 0) is 17.6 Å². The Morgan fingerprint density at radius 1 is 1.12 bits per heavy atom. The molecule has 0 aliphatic heterocycles. The van der Waals surface area contributed by atoms with Gasteiger partial charge < -0.3 is 10.1 Å². The van der Waals surface area contributed by atoms with Crippen LogP contribution in [0.2, 0.25) is 0 Å². The predicted molar refractivity (Wildman–Crippen MR) is 138 cm³/mol. The van der Waals surface area contributed by atoms with Gasteiger partial charge >= 0.3 is 0 Å². The highest BCUT2D eigenvalue weighted by atomic mass is 16.5. The molecule has 4 heteroatoms. The van der Waals surface area contributed by atoms with Crippen LogP contribution in [-0.4, -0.2) is 24.0 Å². The van der Waals surface area contributed by atoms with Gasteiger partial charge in [-0.05, 0) is 90.3 Å². The van der Waals surface area contributed by atoms with Gasteiger partial charge in [-0.1, -0.05) is 44.5 Å². The zero-order valence-electron chi connectivity index (χ0n) is 20.1. The maximum absolute atomic E-state index is 12.7. The number of pyridine rings is 1. The molecule has 3 aromatic rings. The quantitative estimate of drug-likeness (QED) is 0.324. The molecular weight excluding hydrogens is 408 g/mol. The topological polar surface area (TPSA) is 51.2 Å². The molecule has 3 rings (SSSR count). The molecule has 33 heavy (non-hydrogen) atoms. The van der Waals surface area contributed by atoms with Crippen molar-refractivity contribution >= 4 is 22.8 Å². The lowest BCUT2D eigenvalue weighted by atomic mass is 9.94. The van der Waals surface area contributed by atoms with Gasteiger partial charge in [-0.15, -0.1) is 0 Å². The molecule has 1 aromatic heterocycles. The maximum Gasteiger partial charge on any atom is 0.244 e. The van der Waals surface area contributed by atoms with Gasteiger partial charge in [0.15, 0.2) is 0 Å². The smallest absolute Gasteiger partial charge is 0.244 e. The number of rotatable bonds is 12. The van der Waals surface area contributed by atoms with Crippen LogP contribution >= 0.6 is 0 Å². The van der Waals surface area contributed by atoms with Gasteiger partial charge in [-0.2, -0.15) is 0 Å². The van der Waals surface area contributed by atoms with Gasteiger partial charge in [0.2, 0.25) is 5.91 Å². The molecule has 174 valence electrons. The van der Waals surface area contributed by atoms with Crippen LogP contribution in [0.5, 0.6) is 5.75 Å². The largest absolute Gasteiger partial charge is 0.497 e. The lowest BCUT2D eigenvalue weighted by molar-refractivity contribution is -0.117. The van der Waals surface area contributed by atoms with E-state index in [-0.39, 0.29) is 11.9 Å². The average Bonchev–Trinajstić information content (AvgIpc) is 2.85. The van der Waals surface area contributed by atoms with Crippen molar-refractivity contribution < 1.29 is 9.53 Å². The fraction of sp³-hybridized carbons (Fsp3) is 0.379. The second kappa shape index (κ2) is 12.8. The Labute approximate surface area is 198 Å². The number of carbonyl (C=O) groups is 1. The van der Waals surface area contributed by atoms with E-state index in [9.17, 15) is 4.79 Å². The number of unbranched alkanes of at least 4 members (excludes halogenated alkanes) is 1. The summed E-state index contributed by atoms with van der Waals surface area (Å²) in [5.41, 5.74) is 3.62. The van der Waals surface area contributed by atoms with Crippen LogP contribution < -0.4 is 10.1 Å². The van der Waals surface area contributed by atoms with Gasteiger partial charge in [0, 0.05) is 24.5 Å². The molecule has 0 saturated heterocycles. The number of ether oxygens (including phenoxy) is 1. The molecular formula is C29H36N2O2. The fourth-order valence-corrected chi connectivity index (χ4v) is 4.19. The van der Waals surface area contributed by atoms with Crippen LogP contribution in [0, 0.1) is 0 Å². The molecule has 0 aliphatic rings. The normalized spacial score (nSPS) is 12.2. The van der Waals surface area contributed by atoms with Crippen molar-refractivity contribution in [2.24, 2.45) is 0 Å². The minimum atomic E-state index is -0.0320. The number of fused-ring (bicyclic) bond motifs is 1. The molecule has 1 atom stereocenters. The van der Waals surface area contributed by atoms with Crippen LogP contribution in [0.4, 0.5) is 0 Å². The van der Waals surface area contributed by atoms with E-state index in [1.54, 1.807) is 19.4 Å². The molecule has 1 unspecified atom stereocenters. The summed E-state index contributed by atoms with van der Waals surface area (Å²) in [6.07, 6.45) is 14.5. The van der Waals surface area contributed by atoms with Gasteiger partial charge in [0.1, 0.15) is 5.75 Å². The molecule has 0 aliphatic carbocycles. The Hall–Kier alpha value is -3.14. The third-order valence-electron chi connectivity index (χ3n) is 6.15. The summed E-state index contributed by atoms with van der Waals surface area (Å²) in [6.45, 7) is 4.33. The molecule has 0 radical (unpaired) electrons. The van der Waals surface area contributed by atoms with E-state index >= 15 is 0 Å². The molecule has 2 aromatic carbocycles. The molecule has 0 fully saturated rings. The van der Waals surface area contributed by atoms with Crippen molar-refractivity contribution in [2.45, 2.75) is 64.8 Å². The summed E-state index contributed by atoms with van der Waals surface area (Å²) in [5.74, 6) is 0.826. The maximum atomic E-state index is 12.7. The highest BCUT2D eigenvalue weighted by Crippen LogP contribution is 2.29. The fourth-order valence-electron chi connectivity index (χ4n) is 4.19. The van der Waals surface area contributed by atoms with E-state index in [0.29, 0.717) is 0 Å². The van der Waals surface area contributed by atoms with Crippen LogP contribution in [0.25, 0.3) is 16.8 Å². The zero-order chi connectivity index (χ0) is 23.5. The minimum absolute atomic E-state index is 0.0320. The molecule has 1 heterocycles. The lowest BCUT2D eigenvalue weighted by Gasteiger charge is -2.16. The van der Waals surface area contributed by atoms with Crippen LogP contribution in [0.1, 0.15) is 62.6 Å². The average molecular weight is 445 g/mol. The Kier molecular flexibility index (Phi) is 9.49. The number of methoxy groups -OCH3 is 1. The van der Waals surface area contributed by atoms with E-state index in [2.05, 4.69) is 54.5 Å². The Bertz CT molecular complexity index is 1060. The minimum Gasteiger partial charge on any atom is -0.497 e. The Balaban J connectivity index is 1.67. The lowest BCUT2D eigenvalue weighted by Crippen LogP contribution is -2.33. The van der Waals surface area contributed by atoms with Gasteiger partial charge in [-0.25, -0.2) is 0 Å². The van der Waals surface area contributed by atoms with Crippen molar-refractivity contribution in [3.63, 3.8) is 0 Å². The van der Waals surface area contributed by atoms with Crippen molar-refractivity contribution in [2.75, 3.05) is 7.11 Å². The third kappa shape index (κ3) is 7.18. The summed E-state index contributed by atoms with van der Waals surface area (Å²) in [4.78, 5) is 16.9. The van der Waals surface area contributed by atoms with E-state index in [1.165, 1.54) is 21.9 Å². The molecule has 0 bridgehead atoms. The van der Waals surface area contributed by atoms with E-state index in [1.807, 2.05) is 24.4 Å². The summed E-state index contributed by atoms with van der Waals surface area (Å²) in [6, 6.07) is 14.7. The number of aromatic nitrogens is 1. The number of amides is 1. The first-order chi connectivity index (χ1) is 16.1. The molecule has 0 saturated carbocycles. The first kappa shape index (κ1) is 24.5. The number of benzene rings is 2. The first-order valence-electron chi connectivity index (χ1n) is 12.1. The predicted octanol–water partition coefficient (Wildman–Crippen LogP) is 6.52. The zero-order valence-corrected chi connectivity index (χ0v) is 20.1. The summed E-state index contributed by atoms with van der Waals surface area (Å²) in [7, 11) is 1.70.